The van der Waals surface area contributed by atoms with Crippen LogP contribution in [0.4, 0.5) is 13.2 Å². The van der Waals surface area contributed by atoms with Gasteiger partial charge in [0.25, 0.3) is 0 Å². The average molecular weight is 278 g/mol. The molecule has 3 heteroatoms. The summed E-state index contributed by atoms with van der Waals surface area (Å²) in [6, 6.07) is 9.08. The quantitative estimate of drug-likeness (QED) is 0.746. The Labute approximate surface area is 117 Å². The van der Waals surface area contributed by atoms with Crippen LogP contribution in [0.3, 0.4) is 0 Å². The second-order valence-corrected chi connectivity index (χ2v) is 5.44. The molecule has 0 saturated heterocycles. The Bertz CT molecular complexity index is 563. The van der Waals surface area contributed by atoms with Crippen molar-refractivity contribution in [1.82, 2.24) is 0 Å². The van der Waals surface area contributed by atoms with E-state index in [1.807, 2.05) is 24.3 Å². The fourth-order valence-electron chi connectivity index (χ4n) is 2.21. The zero-order chi connectivity index (χ0) is 14.7. The molecule has 0 heterocycles. The van der Waals surface area contributed by atoms with Gasteiger partial charge in [-0.1, -0.05) is 38.1 Å². The monoisotopic (exact) mass is 278 g/mol. The summed E-state index contributed by atoms with van der Waals surface area (Å²) in [5, 5.41) is 0. The van der Waals surface area contributed by atoms with Gasteiger partial charge in [0.15, 0.2) is 0 Å². The third-order valence-corrected chi connectivity index (χ3v) is 3.15. The molecule has 0 unspecified atom stereocenters. The lowest BCUT2D eigenvalue weighted by molar-refractivity contribution is 0.528. The minimum atomic E-state index is -0.893. The van der Waals surface area contributed by atoms with Crippen LogP contribution in [-0.4, -0.2) is 0 Å². The van der Waals surface area contributed by atoms with E-state index in [-0.39, 0.29) is 12.0 Å². The van der Waals surface area contributed by atoms with Crippen LogP contribution in [0.2, 0.25) is 0 Å². The number of rotatable bonds is 4. The molecule has 2 rings (SSSR count). The van der Waals surface area contributed by atoms with Gasteiger partial charge < -0.3 is 0 Å². The molecule has 0 aliphatic rings. The standard InChI is InChI=1S/C17H17F3/c1-11(2)7-12-3-5-13(6-4-12)8-15-16(19)9-14(18)10-17(15)20/h3-6,9-11H,7-8H2,1-2H3. The molecule has 2 aromatic carbocycles. The van der Waals surface area contributed by atoms with Crippen LogP contribution in [0, 0.1) is 23.4 Å². The Kier molecular flexibility index (Phi) is 4.48. The van der Waals surface area contributed by atoms with Crippen molar-refractivity contribution < 1.29 is 13.2 Å². The Morgan fingerprint density at radius 1 is 0.850 bits per heavy atom. The first-order chi connectivity index (χ1) is 9.45. The van der Waals surface area contributed by atoms with Gasteiger partial charge in [0.1, 0.15) is 17.5 Å². The largest absolute Gasteiger partial charge is 0.207 e. The van der Waals surface area contributed by atoms with Crippen molar-refractivity contribution in [3.05, 3.63) is 70.5 Å². The first-order valence-corrected chi connectivity index (χ1v) is 6.67. The predicted molar refractivity (Wildman–Crippen MR) is 74.1 cm³/mol. The first-order valence-electron chi connectivity index (χ1n) is 6.67. The van der Waals surface area contributed by atoms with Crippen molar-refractivity contribution in [3.63, 3.8) is 0 Å². The third-order valence-electron chi connectivity index (χ3n) is 3.15. The Morgan fingerprint density at radius 2 is 1.35 bits per heavy atom. The van der Waals surface area contributed by atoms with Crippen molar-refractivity contribution in [2.75, 3.05) is 0 Å². The van der Waals surface area contributed by atoms with Gasteiger partial charge in [0.05, 0.1) is 0 Å². The molecular formula is C17H17F3. The van der Waals surface area contributed by atoms with Gasteiger partial charge >= 0.3 is 0 Å². The lowest BCUT2D eigenvalue weighted by atomic mass is 9.99. The second-order valence-electron chi connectivity index (χ2n) is 5.44. The van der Waals surface area contributed by atoms with E-state index in [1.165, 1.54) is 5.56 Å². The predicted octanol–water partition coefficient (Wildman–Crippen LogP) is 4.89. The van der Waals surface area contributed by atoms with E-state index < -0.39 is 17.5 Å². The van der Waals surface area contributed by atoms with Gasteiger partial charge in [-0.25, -0.2) is 13.2 Å². The molecule has 0 fully saturated rings. The van der Waals surface area contributed by atoms with Crippen LogP contribution in [-0.2, 0) is 12.8 Å². The highest BCUT2D eigenvalue weighted by atomic mass is 19.1. The van der Waals surface area contributed by atoms with Crippen molar-refractivity contribution >= 4 is 0 Å². The topological polar surface area (TPSA) is 0 Å². The van der Waals surface area contributed by atoms with E-state index in [2.05, 4.69) is 13.8 Å². The zero-order valence-electron chi connectivity index (χ0n) is 11.6. The van der Waals surface area contributed by atoms with E-state index in [0.29, 0.717) is 18.1 Å². The van der Waals surface area contributed by atoms with E-state index in [9.17, 15) is 13.2 Å². The number of halogens is 3. The Hall–Kier alpha value is -1.77. The molecule has 0 N–H and O–H groups in total. The molecule has 0 nitrogen and oxygen atoms in total. The van der Waals surface area contributed by atoms with Crippen LogP contribution < -0.4 is 0 Å². The fraction of sp³-hybridized carbons (Fsp3) is 0.294. The summed E-state index contributed by atoms with van der Waals surface area (Å²) >= 11 is 0. The molecular weight excluding hydrogens is 261 g/mol. The lowest BCUT2D eigenvalue weighted by Crippen LogP contribution is -1.99. The van der Waals surface area contributed by atoms with E-state index in [1.54, 1.807) is 0 Å². The van der Waals surface area contributed by atoms with Crippen LogP contribution in [0.25, 0.3) is 0 Å². The molecule has 0 spiro atoms. The van der Waals surface area contributed by atoms with Gasteiger partial charge in [0.2, 0.25) is 0 Å². The summed E-state index contributed by atoms with van der Waals surface area (Å²) in [4.78, 5) is 0. The molecule has 0 radical (unpaired) electrons. The summed E-state index contributed by atoms with van der Waals surface area (Å²) in [6.07, 6.45) is 1.10. The summed E-state index contributed by atoms with van der Waals surface area (Å²) in [6.45, 7) is 4.27. The minimum Gasteiger partial charge on any atom is -0.207 e. The van der Waals surface area contributed by atoms with E-state index in [4.69, 9.17) is 0 Å². The normalized spacial score (nSPS) is 11.1. The van der Waals surface area contributed by atoms with Crippen LogP contribution in [0.15, 0.2) is 36.4 Å². The Balaban J connectivity index is 2.18. The molecule has 0 saturated carbocycles. The highest BCUT2D eigenvalue weighted by Crippen LogP contribution is 2.19. The third kappa shape index (κ3) is 3.62. The molecule has 2 aromatic rings. The van der Waals surface area contributed by atoms with Crippen LogP contribution >= 0.6 is 0 Å². The molecule has 0 amide bonds. The second kappa shape index (κ2) is 6.12. The van der Waals surface area contributed by atoms with Gasteiger partial charge in [-0.2, -0.15) is 0 Å². The molecule has 0 aliphatic heterocycles. The maximum Gasteiger partial charge on any atom is 0.132 e. The van der Waals surface area contributed by atoms with Gasteiger partial charge in [-0.15, -0.1) is 0 Å². The molecule has 20 heavy (non-hydrogen) atoms. The molecule has 0 aliphatic carbocycles. The average Bonchev–Trinajstić information content (AvgIpc) is 2.35. The van der Waals surface area contributed by atoms with E-state index in [0.717, 1.165) is 12.0 Å². The molecule has 0 aromatic heterocycles. The first kappa shape index (κ1) is 14.6. The molecule has 0 bridgehead atoms. The van der Waals surface area contributed by atoms with Gasteiger partial charge in [-0.05, 0) is 23.5 Å². The van der Waals surface area contributed by atoms with E-state index >= 15 is 0 Å². The van der Waals surface area contributed by atoms with Gasteiger partial charge in [0, 0.05) is 24.1 Å². The van der Waals surface area contributed by atoms with Crippen LogP contribution in [0.5, 0.6) is 0 Å². The molecule has 106 valence electrons. The highest BCUT2D eigenvalue weighted by molar-refractivity contribution is 5.30. The highest BCUT2D eigenvalue weighted by Gasteiger charge is 2.12. The number of benzene rings is 2. The van der Waals surface area contributed by atoms with Crippen molar-refractivity contribution in [3.8, 4) is 0 Å². The maximum atomic E-state index is 13.6. The SMILES string of the molecule is CC(C)Cc1ccc(Cc2c(F)cc(F)cc2F)cc1. The van der Waals surface area contributed by atoms with Crippen LogP contribution in [0.1, 0.15) is 30.5 Å². The van der Waals surface area contributed by atoms with Gasteiger partial charge in [-0.3, -0.25) is 0 Å². The summed E-state index contributed by atoms with van der Waals surface area (Å²) in [5.41, 5.74) is 1.91. The molecule has 0 atom stereocenters. The lowest BCUT2D eigenvalue weighted by Gasteiger charge is -2.08. The maximum absolute atomic E-state index is 13.6. The minimum absolute atomic E-state index is 0.0944. The number of hydrogen-bond acceptors (Lipinski definition) is 0. The summed E-state index contributed by atoms with van der Waals surface area (Å²) in [5.74, 6) is -2.01. The fourth-order valence-corrected chi connectivity index (χ4v) is 2.21. The smallest absolute Gasteiger partial charge is 0.132 e. The zero-order valence-corrected chi connectivity index (χ0v) is 11.6. The summed E-state index contributed by atoms with van der Waals surface area (Å²) in [7, 11) is 0. The van der Waals surface area contributed by atoms with Crippen molar-refractivity contribution in [2.45, 2.75) is 26.7 Å². The number of hydrogen-bond donors (Lipinski definition) is 0. The Morgan fingerprint density at radius 3 is 1.85 bits per heavy atom. The van der Waals surface area contributed by atoms with Crippen molar-refractivity contribution in [1.29, 1.82) is 0 Å². The van der Waals surface area contributed by atoms with Crippen molar-refractivity contribution in [2.24, 2.45) is 5.92 Å². The summed E-state index contributed by atoms with van der Waals surface area (Å²) < 4.78 is 40.0.